The molecule has 1 aliphatic rings. The zero-order chi connectivity index (χ0) is 16.7. The summed E-state index contributed by atoms with van der Waals surface area (Å²) in [7, 11) is 3.04. The SMILES string of the molecule is COc1cc(OC)c(NC(=O)NCCN2CCOCC2)cc1Cl. The Morgan fingerprint density at radius 2 is 1.96 bits per heavy atom. The minimum absolute atomic E-state index is 0.308. The third-order valence-corrected chi connectivity index (χ3v) is 3.83. The second-order valence-corrected chi connectivity index (χ2v) is 5.43. The Morgan fingerprint density at radius 1 is 1.26 bits per heavy atom. The number of hydrogen-bond donors (Lipinski definition) is 2. The molecule has 0 unspecified atom stereocenters. The van der Waals surface area contributed by atoms with E-state index in [1.807, 2.05) is 0 Å². The number of benzene rings is 1. The van der Waals surface area contributed by atoms with Crippen LogP contribution >= 0.6 is 11.6 Å². The third kappa shape index (κ3) is 5.16. The Balaban J connectivity index is 1.85. The second-order valence-electron chi connectivity index (χ2n) is 5.02. The van der Waals surface area contributed by atoms with Crippen LogP contribution in [0.25, 0.3) is 0 Å². The maximum atomic E-state index is 12.0. The van der Waals surface area contributed by atoms with Crippen molar-refractivity contribution in [3.63, 3.8) is 0 Å². The number of morpholine rings is 1. The predicted octanol–water partition coefficient (Wildman–Crippen LogP) is 1.81. The number of hydrogen-bond acceptors (Lipinski definition) is 5. The molecule has 0 bridgehead atoms. The van der Waals surface area contributed by atoms with E-state index in [0.717, 1.165) is 32.8 Å². The highest BCUT2D eigenvalue weighted by Gasteiger charge is 2.13. The Morgan fingerprint density at radius 3 is 2.61 bits per heavy atom. The molecular weight excluding hydrogens is 322 g/mol. The summed E-state index contributed by atoms with van der Waals surface area (Å²) in [6.45, 7) is 4.62. The van der Waals surface area contributed by atoms with Crippen LogP contribution in [0.1, 0.15) is 0 Å². The quantitative estimate of drug-likeness (QED) is 0.824. The van der Waals surface area contributed by atoms with Gasteiger partial charge in [0.15, 0.2) is 0 Å². The van der Waals surface area contributed by atoms with Crippen LogP contribution in [0, 0.1) is 0 Å². The summed E-state index contributed by atoms with van der Waals surface area (Å²) in [4.78, 5) is 14.2. The predicted molar refractivity (Wildman–Crippen MR) is 88.8 cm³/mol. The highest BCUT2D eigenvalue weighted by Crippen LogP contribution is 2.35. The van der Waals surface area contributed by atoms with Gasteiger partial charge in [-0.05, 0) is 6.07 Å². The van der Waals surface area contributed by atoms with Gasteiger partial charge in [0.1, 0.15) is 11.5 Å². The van der Waals surface area contributed by atoms with E-state index in [1.54, 1.807) is 12.1 Å². The number of methoxy groups -OCH3 is 2. The van der Waals surface area contributed by atoms with E-state index in [-0.39, 0.29) is 6.03 Å². The van der Waals surface area contributed by atoms with Crippen molar-refractivity contribution in [1.29, 1.82) is 0 Å². The number of ether oxygens (including phenoxy) is 3. The van der Waals surface area contributed by atoms with Gasteiger partial charge in [-0.3, -0.25) is 4.90 Å². The Bertz CT molecular complexity index is 536. The molecule has 1 heterocycles. The van der Waals surface area contributed by atoms with Gasteiger partial charge >= 0.3 is 6.03 Å². The summed E-state index contributed by atoms with van der Waals surface area (Å²) in [5, 5.41) is 5.95. The first kappa shape index (κ1) is 17.7. The average molecular weight is 344 g/mol. The van der Waals surface area contributed by atoms with Crippen molar-refractivity contribution >= 4 is 23.3 Å². The Kier molecular flexibility index (Phi) is 6.76. The summed E-state index contributed by atoms with van der Waals surface area (Å²) in [6, 6.07) is 2.92. The van der Waals surface area contributed by atoms with Crippen LogP contribution in [0.4, 0.5) is 10.5 Å². The lowest BCUT2D eigenvalue weighted by molar-refractivity contribution is 0.0388. The van der Waals surface area contributed by atoms with Crippen molar-refractivity contribution < 1.29 is 19.0 Å². The lowest BCUT2D eigenvalue weighted by Crippen LogP contribution is -2.42. The highest BCUT2D eigenvalue weighted by atomic mass is 35.5. The minimum Gasteiger partial charge on any atom is -0.495 e. The molecule has 0 atom stereocenters. The highest BCUT2D eigenvalue weighted by molar-refractivity contribution is 6.32. The lowest BCUT2D eigenvalue weighted by Gasteiger charge is -2.26. The molecule has 2 rings (SSSR count). The van der Waals surface area contributed by atoms with Crippen LogP contribution in [0.5, 0.6) is 11.5 Å². The first-order valence-electron chi connectivity index (χ1n) is 7.40. The van der Waals surface area contributed by atoms with Gasteiger partial charge < -0.3 is 24.8 Å². The Labute approximate surface area is 140 Å². The van der Waals surface area contributed by atoms with Gasteiger partial charge in [0, 0.05) is 32.2 Å². The molecule has 0 radical (unpaired) electrons. The van der Waals surface area contributed by atoms with E-state index in [9.17, 15) is 4.79 Å². The van der Waals surface area contributed by atoms with Crippen LogP contribution in [0.2, 0.25) is 5.02 Å². The minimum atomic E-state index is -0.308. The van der Waals surface area contributed by atoms with Crippen molar-refractivity contribution in [1.82, 2.24) is 10.2 Å². The number of carbonyl (C=O) groups excluding carboxylic acids is 1. The molecule has 1 saturated heterocycles. The fraction of sp³-hybridized carbons (Fsp3) is 0.533. The summed E-state index contributed by atoms with van der Waals surface area (Å²) >= 11 is 6.08. The smallest absolute Gasteiger partial charge is 0.319 e. The molecule has 23 heavy (non-hydrogen) atoms. The van der Waals surface area contributed by atoms with Gasteiger partial charge in [0.25, 0.3) is 0 Å². The van der Waals surface area contributed by atoms with Gasteiger partial charge in [-0.25, -0.2) is 4.79 Å². The van der Waals surface area contributed by atoms with Crippen molar-refractivity contribution in [3.05, 3.63) is 17.2 Å². The van der Waals surface area contributed by atoms with Crippen LogP contribution in [0.3, 0.4) is 0 Å². The molecule has 2 amide bonds. The molecule has 1 aliphatic heterocycles. The van der Waals surface area contributed by atoms with Gasteiger partial charge in [-0.2, -0.15) is 0 Å². The van der Waals surface area contributed by atoms with Crippen LogP contribution < -0.4 is 20.1 Å². The maximum absolute atomic E-state index is 12.0. The largest absolute Gasteiger partial charge is 0.495 e. The summed E-state index contributed by atoms with van der Waals surface area (Å²) in [5.41, 5.74) is 0.488. The number of carbonyl (C=O) groups is 1. The van der Waals surface area contributed by atoms with Gasteiger partial charge in [-0.1, -0.05) is 11.6 Å². The van der Waals surface area contributed by atoms with Crippen LogP contribution in [-0.4, -0.2) is 64.5 Å². The summed E-state index contributed by atoms with van der Waals surface area (Å²) < 4.78 is 15.6. The zero-order valence-electron chi connectivity index (χ0n) is 13.4. The third-order valence-electron chi connectivity index (χ3n) is 3.54. The molecule has 1 aromatic carbocycles. The monoisotopic (exact) mass is 343 g/mol. The fourth-order valence-electron chi connectivity index (χ4n) is 2.28. The molecule has 0 spiro atoms. The first-order valence-corrected chi connectivity index (χ1v) is 7.78. The molecule has 1 fully saturated rings. The Hall–Kier alpha value is -1.70. The van der Waals surface area contributed by atoms with Gasteiger partial charge in [0.2, 0.25) is 0 Å². The number of halogens is 1. The van der Waals surface area contributed by atoms with Crippen molar-refractivity contribution in [2.24, 2.45) is 0 Å². The number of nitrogens with one attached hydrogen (secondary N) is 2. The van der Waals surface area contributed by atoms with Gasteiger partial charge in [-0.15, -0.1) is 0 Å². The van der Waals surface area contributed by atoms with Crippen LogP contribution in [-0.2, 0) is 4.74 Å². The molecule has 0 aliphatic carbocycles. The molecule has 128 valence electrons. The molecule has 1 aromatic rings. The van der Waals surface area contributed by atoms with Gasteiger partial charge in [0.05, 0.1) is 38.1 Å². The van der Waals surface area contributed by atoms with E-state index in [0.29, 0.717) is 28.8 Å². The van der Waals surface area contributed by atoms with Crippen molar-refractivity contribution in [2.75, 3.05) is 58.9 Å². The molecule has 0 saturated carbocycles. The normalized spacial score (nSPS) is 15.1. The average Bonchev–Trinajstić information content (AvgIpc) is 2.56. The van der Waals surface area contributed by atoms with E-state index in [4.69, 9.17) is 25.8 Å². The van der Waals surface area contributed by atoms with Crippen LogP contribution in [0.15, 0.2) is 12.1 Å². The maximum Gasteiger partial charge on any atom is 0.319 e. The standard InChI is InChI=1S/C15H22ClN3O4/c1-21-13-10-14(22-2)12(9-11(13)16)18-15(20)17-3-4-19-5-7-23-8-6-19/h9-10H,3-8H2,1-2H3,(H2,17,18,20). The van der Waals surface area contributed by atoms with E-state index >= 15 is 0 Å². The number of anilines is 1. The molecule has 7 nitrogen and oxygen atoms in total. The molecular formula is C15H22ClN3O4. The second kappa shape index (κ2) is 8.81. The molecule has 0 aromatic heterocycles. The zero-order valence-corrected chi connectivity index (χ0v) is 14.1. The number of amides is 2. The van der Waals surface area contributed by atoms with Crippen molar-refractivity contribution in [2.45, 2.75) is 0 Å². The molecule has 2 N–H and O–H groups in total. The lowest BCUT2D eigenvalue weighted by atomic mass is 10.2. The fourth-order valence-corrected chi connectivity index (χ4v) is 2.52. The first-order chi connectivity index (χ1) is 11.1. The summed E-state index contributed by atoms with van der Waals surface area (Å²) in [5.74, 6) is 0.969. The topological polar surface area (TPSA) is 72.1 Å². The number of rotatable bonds is 6. The van der Waals surface area contributed by atoms with E-state index in [2.05, 4.69) is 15.5 Å². The summed E-state index contributed by atoms with van der Waals surface area (Å²) in [6.07, 6.45) is 0. The number of urea groups is 1. The van der Waals surface area contributed by atoms with Crippen molar-refractivity contribution in [3.8, 4) is 11.5 Å². The van der Waals surface area contributed by atoms with E-state index in [1.165, 1.54) is 14.2 Å². The number of nitrogens with zero attached hydrogens (tertiary/aromatic N) is 1. The van der Waals surface area contributed by atoms with E-state index < -0.39 is 0 Å². The molecule has 8 heteroatoms.